The lowest BCUT2D eigenvalue weighted by Crippen LogP contribution is -2.10. The van der Waals surface area contributed by atoms with Gasteiger partial charge >= 0.3 is 6.18 Å². The molecule has 0 N–H and O–H groups in total. The highest BCUT2D eigenvalue weighted by Gasteiger charge is 2.34. The minimum absolute atomic E-state index is 0.00734. The second-order valence-corrected chi connectivity index (χ2v) is 2.96. The molecule has 1 aromatic rings. The van der Waals surface area contributed by atoms with Gasteiger partial charge in [-0.05, 0) is 6.26 Å². The van der Waals surface area contributed by atoms with Crippen LogP contribution in [-0.2, 0) is 6.18 Å². The Labute approximate surface area is 82.7 Å². The van der Waals surface area contributed by atoms with Gasteiger partial charge in [0.25, 0.3) is 0 Å². The van der Waals surface area contributed by atoms with E-state index in [1.807, 2.05) is 6.07 Å². The van der Waals surface area contributed by atoms with Crippen LogP contribution in [-0.4, -0.2) is 23.3 Å². The zero-order valence-corrected chi connectivity index (χ0v) is 8.16. The van der Waals surface area contributed by atoms with E-state index in [1.54, 1.807) is 6.26 Å². The first kappa shape index (κ1) is 11.1. The van der Waals surface area contributed by atoms with Crippen LogP contribution in [0.4, 0.5) is 13.2 Å². The molecule has 3 nitrogen and oxygen atoms in total. The predicted octanol–water partition coefficient (Wildman–Crippen LogP) is 2.03. The van der Waals surface area contributed by atoms with Crippen molar-refractivity contribution in [1.82, 2.24) is 9.97 Å². The van der Waals surface area contributed by atoms with Gasteiger partial charge in [-0.1, -0.05) is 11.8 Å². The van der Waals surface area contributed by atoms with Gasteiger partial charge in [-0.3, -0.25) is 0 Å². The molecule has 0 saturated carbocycles. The van der Waals surface area contributed by atoms with E-state index >= 15 is 0 Å². The van der Waals surface area contributed by atoms with E-state index in [2.05, 4.69) is 14.7 Å². The van der Waals surface area contributed by atoms with Crippen LogP contribution < -0.4 is 4.74 Å². The van der Waals surface area contributed by atoms with Gasteiger partial charge in [-0.25, -0.2) is 4.98 Å². The molecule has 14 heavy (non-hydrogen) atoms. The summed E-state index contributed by atoms with van der Waals surface area (Å²) in [5, 5.41) is 0.00734. The van der Waals surface area contributed by atoms with E-state index in [0.29, 0.717) is 0 Å². The molecule has 1 radical (unpaired) electrons. The predicted molar refractivity (Wildman–Crippen MR) is 44.2 cm³/mol. The Morgan fingerprint density at radius 1 is 1.36 bits per heavy atom. The zero-order chi connectivity index (χ0) is 10.8. The van der Waals surface area contributed by atoms with E-state index < -0.39 is 11.9 Å². The fourth-order valence-electron chi connectivity index (χ4n) is 0.687. The minimum atomic E-state index is -4.53. The molecule has 0 aliphatic heterocycles. The molecule has 0 spiro atoms. The van der Waals surface area contributed by atoms with Crippen molar-refractivity contribution in [3.8, 4) is 5.88 Å². The first-order valence-electron chi connectivity index (χ1n) is 3.44. The second-order valence-electron chi connectivity index (χ2n) is 2.19. The number of halogens is 3. The van der Waals surface area contributed by atoms with Gasteiger partial charge in [0.1, 0.15) is 0 Å². The normalized spacial score (nSPS) is 11.5. The van der Waals surface area contributed by atoms with Gasteiger partial charge in [0, 0.05) is 0 Å². The smallest absolute Gasteiger partial charge is 0.434 e. The van der Waals surface area contributed by atoms with Crippen LogP contribution in [0.25, 0.3) is 0 Å². The van der Waals surface area contributed by atoms with Crippen LogP contribution in [0.5, 0.6) is 5.88 Å². The molecule has 1 heterocycles. The molecule has 0 bridgehead atoms. The number of nitrogens with zero attached hydrogens (tertiary/aromatic N) is 2. The Kier molecular flexibility index (Phi) is 3.20. The molecule has 0 aliphatic rings. The topological polar surface area (TPSA) is 35.0 Å². The SMILES string of the molecule is COc1[c]c(C(F)(F)F)nc(SC)n1. The van der Waals surface area contributed by atoms with Crippen molar-refractivity contribution in [1.29, 1.82) is 0 Å². The Morgan fingerprint density at radius 3 is 2.43 bits per heavy atom. The van der Waals surface area contributed by atoms with Crippen LogP contribution in [0.3, 0.4) is 0 Å². The maximum atomic E-state index is 12.2. The number of methoxy groups -OCH3 is 1. The molecule has 0 atom stereocenters. The highest BCUT2D eigenvalue weighted by molar-refractivity contribution is 7.98. The molecule has 1 aromatic heterocycles. The molecular weight excluding hydrogens is 217 g/mol. The molecule has 0 aliphatic carbocycles. The van der Waals surface area contributed by atoms with E-state index in [-0.39, 0.29) is 11.0 Å². The summed E-state index contributed by atoms with van der Waals surface area (Å²) in [4.78, 5) is 6.92. The summed E-state index contributed by atoms with van der Waals surface area (Å²) >= 11 is 1.01. The van der Waals surface area contributed by atoms with Crippen molar-refractivity contribution in [2.75, 3.05) is 13.4 Å². The average molecular weight is 223 g/mol. The third kappa shape index (κ3) is 2.50. The van der Waals surface area contributed by atoms with Crippen molar-refractivity contribution in [2.45, 2.75) is 11.3 Å². The van der Waals surface area contributed by atoms with Gasteiger partial charge < -0.3 is 4.74 Å². The second kappa shape index (κ2) is 4.04. The summed E-state index contributed by atoms with van der Waals surface area (Å²) in [6.45, 7) is 0. The Balaban J connectivity index is 3.17. The first-order valence-corrected chi connectivity index (χ1v) is 4.66. The number of ether oxygens (including phenoxy) is 1. The lowest BCUT2D eigenvalue weighted by atomic mass is 10.4. The summed E-state index contributed by atoms with van der Waals surface area (Å²) in [5.74, 6) is -0.211. The average Bonchev–Trinajstić information content (AvgIpc) is 2.15. The molecular formula is C7H6F3N2OS. The fourth-order valence-corrected chi connectivity index (χ4v) is 1.04. The maximum absolute atomic E-state index is 12.2. The van der Waals surface area contributed by atoms with E-state index in [4.69, 9.17) is 0 Å². The van der Waals surface area contributed by atoms with Gasteiger partial charge in [-0.2, -0.15) is 18.2 Å². The number of rotatable bonds is 2. The van der Waals surface area contributed by atoms with Crippen LogP contribution in [0.15, 0.2) is 5.16 Å². The molecule has 0 aromatic carbocycles. The molecule has 77 valence electrons. The van der Waals surface area contributed by atoms with E-state index in [9.17, 15) is 13.2 Å². The lowest BCUT2D eigenvalue weighted by Gasteiger charge is -2.07. The lowest BCUT2D eigenvalue weighted by molar-refractivity contribution is -0.142. The quantitative estimate of drug-likeness (QED) is 0.567. The molecule has 0 fully saturated rings. The van der Waals surface area contributed by atoms with Crippen LogP contribution in [0.2, 0.25) is 0 Å². The molecule has 0 unspecified atom stereocenters. The summed E-state index contributed by atoms with van der Waals surface area (Å²) in [7, 11) is 1.23. The van der Waals surface area contributed by atoms with Crippen LogP contribution in [0.1, 0.15) is 5.69 Å². The molecule has 7 heteroatoms. The maximum Gasteiger partial charge on any atom is 0.434 e. The molecule has 0 amide bonds. The summed E-state index contributed by atoms with van der Waals surface area (Å²) in [6, 6.07) is 1.93. The summed E-state index contributed by atoms with van der Waals surface area (Å²) < 4.78 is 41.3. The van der Waals surface area contributed by atoms with Gasteiger partial charge in [0.2, 0.25) is 5.88 Å². The Morgan fingerprint density at radius 2 is 2.00 bits per heavy atom. The van der Waals surface area contributed by atoms with Gasteiger partial charge in [0.15, 0.2) is 10.9 Å². The highest BCUT2D eigenvalue weighted by Crippen LogP contribution is 2.29. The third-order valence-electron chi connectivity index (χ3n) is 1.27. The highest BCUT2D eigenvalue weighted by atomic mass is 32.2. The minimum Gasteiger partial charge on any atom is -0.480 e. The monoisotopic (exact) mass is 223 g/mol. The zero-order valence-electron chi connectivity index (χ0n) is 7.34. The standard InChI is InChI=1S/C7H6F3N2OS/c1-13-5-3-4(7(8,9)10)11-6(12-5)14-2/h1-2H3. The number of hydrogen-bond donors (Lipinski definition) is 0. The molecule has 0 saturated heterocycles. The van der Waals surface area contributed by atoms with Crippen molar-refractivity contribution < 1.29 is 17.9 Å². The Bertz CT molecular complexity index is 307. The van der Waals surface area contributed by atoms with Crippen LogP contribution >= 0.6 is 11.8 Å². The number of thioether (sulfide) groups is 1. The third-order valence-corrected chi connectivity index (χ3v) is 1.82. The largest absolute Gasteiger partial charge is 0.480 e. The van der Waals surface area contributed by atoms with Crippen molar-refractivity contribution in [3.63, 3.8) is 0 Å². The van der Waals surface area contributed by atoms with E-state index in [1.165, 1.54) is 7.11 Å². The Hall–Kier alpha value is -0.980. The van der Waals surface area contributed by atoms with Crippen molar-refractivity contribution in [2.24, 2.45) is 0 Å². The summed E-state index contributed by atoms with van der Waals surface area (Å²) in [6.07, 6.45) is -2.95. The number of alkyl halides is 3. The number of hydrogen-bond acceptors (Lipinski definition) is 4. The van der Waals surface area contributed by atoms with Crippen molar-refractivity contribution in [3.05, 3.63) is 11.8 Å². The molecule has 1 rings (SSSR count). The van der Waals surface area contributed by atoms with E-state index in [0.717, 1.165) is 11.8 Å². The number of aromatic nitrogens is 2. The first-order chi connectivity index (χ1) is 6.47. The van der Waals surface area contributed by atoms with Crippen LogP contribution in [0, 0.1) is 6.07 Å². The fraction of sp³-hybridized carbons (Fsp3) is 0.429. The summed E-state index contributed by atoms with van der Waals surface area (Å²) in [5.41, 5.74) is -1.12. The van der Waals surface area contributed by atoms with Crippen molar-refractivity contribution >= 4 is 11.8 Å². The van der Waals surface area contributed by atoms with Gasteiger partial charge in [-0.15, -0.1) is 0 Å². The van der Waals surface area contributed by atoms with Gasteiger partial charge in [0.05, 0.1) is 13.2 Å².